The van der Waals surface area contributed by atoms with Crippen molar-refractivity contribution in [3.05, 3.63) is 34.9 Å². The monoisotopic (exact) mass is 1250 g/mol. The number of ether oxygens (including phenoxy) is 4. The summed E-state index contributed by atoms with van der Waals surface area (Å²) in [7, 11) is 2.87. The Morgan fingerprint density at radius 2 is 1.24 bits per heavy atom. The van der Waals surface area contributed by atoms with Gasteiger partial charge in [0.25, 0.3) is 0 Å². The summed E-state index contributed by atoms with van der Waals surface area (Å²) in [4.78, 5) is 74.0. The van der Waals surface area contributed by atoms with E-state index in [1.165, 1.54) is 19.8 Å². The van der Waals surface area contributed by atoms with Crippen LogP contribution in [0.4, 0.5) is 0 Å². The van der Waals surface area contributed by atoms with E-state index in [-0.39, 0.29) is 103 Å². The number of carbonyl (C=O) groups excluding carboxylic acids is 6. The van der Waals surface area contributed by atoms with Gasteiger partial charge in [-0.25, -0.2) is 0 Å². The first-order valence-corrected chi connectivity index (χ1v) is 36.4. The van der Waals surface area contributed by atoms with Crippen LogP contribution in [0.25, 0.3) is 0 Å². The molecule has 8 aliphatic carbocycles. The van der Waals surface area contributed by atoms with Gasteiger partial charge in [0.2, 0.25) is 0 Å². The van der Waals surface area contributed by atoms with Crippen LogP contribution in [0.15, 0.2) is 34.9 Å². The van der Waals surface area contributed by atoms with Crippen LogP contribution < -0.4 is 0 Å². The Morgan fingerprint density at radius 1 is 0.714 bits per heavy atom. The molecule has 0 aromatic carbocycles. The zero-order chi connectivity index (χ0) is 45.7. The molecule has 14 atom stereocenters. The minimum atomic E-state index is -0.611. The van der Waals surface area contributed by atoms with Gasteiger partial charge in [-0.15, -0.1) is 0 Å². The van der Waals surface area contributed by atoms with Crippen LogP contribution in [0, 0.1) is 63.1 Å². The van der Waals surface area contributed by atoms with Crippen molar-refractivity contribution in [3.8, 4) is 0 Å². The number of aliphatic hydroxyl groups is 1. The molecule has 0 aromatic rings. The van der Waals surface area contributed by atoms with E-state index < -0.39 is 17.3 Å². The molecule has 15 heteroatoms. The molecule has 2 heterocycles. The minimum absolute atomic E-state index is 0.0415. The van der Waals surface area contributed by atoms with Gasteiger partial charge in [0.1, 0.15) is 11.2 Å². The van der Waals surface area contributed by atoms with E-state index in [9.17, 15) is 33.9 Å². The standard InChI is InChI=1S/C24H32O6.C24H30O5.3HI.V/c1-22-7-4-14(25)10-13(22)11-15(21(28)29-3)19-16-5-8-24(9-6-18(27)30-24)23(16,2)12-17(26)20(19)22;1-22-8-4-15(25)12-14(22)13-16(21(27)28-3)20-17(22)5-9-23(2)18(20)6-10-24(23)11-7-19(26)29-24;;;;/h10,15-17,19-20,26H,4-9,11-12H2,1-3H3;5,12,16,18,20H,4,6-11,13H2,1-3H3;3*1H;/q;;;;;+3/p-3/t15?,16?,17-,19?,20?,22+,23+,24-;16?,18?,20?,22-,23-,24+;;;;/m10..../s1. The first-order valence-electron chi connectivity index (χ1n) is 22.9. The number of carbonyl (C=O) groups is 6. The first-order chi connectivity index (χ1) is 29.6. The summed E-state index contributed by atoms with van der Waals surface area (Å²) < 4.78 is 22.4. The average Bonchev–Trinajstić information content (AvgIpc) is 3.97. The van der Waals surface area contributed by atoms with E-state index in [4.69, 9.17) is 18.9 Å². The Hall–Kier alpha value is -0.826. The number of esters is 4. The van der Waals surface area contributed by atoms with Gasteiger partial charge in [-0.3, -0.25) is 28.8 Å². The molecule has 5 saturated carbocycles. The summed E-state index contributed by atoms with van der Waals surface area (Å²) in [6, 6.07) is 0. The third-order valence-electron chi connectivity index (χ3n) is 19.0. The van der Waals surface area contributed by atoms with Crippen LogP contribution in [0.5, 0.6) is 0 Å². The van der Waals surface area contributed by atoms with Crippen LogP contribution in [0.2, 0.25) is 0 Å². The number of hydrogen-bond donors (Lipinski definition) is 1. The molecule has 2 saturated heterocycles. The molecular formula is C48H62I3O11V. The first kappa shape index (κ1) is 48.6. The molecule has 7 fully saturated rings. The van der Waals surface area contributed by atoms with Crippen molar-refractivity contribution in [1.82, 2.24) is 0 Å². The second-order valence-corrected chi connectivity index (χ2v) is 56.6. The molecule has 0 radical (unpaired) electrons. The molecular weight excluding hydrogens is 1180 g/mol. The molecule has 2 spiro atoms. The SMILES string of the molecule is COC(=O)C1CC2=CC(=O)CC[C@]2(C)C2=CC[C@@]3(C)C(CC[C@@]34CCC(=O)O4)C21.COC(=O)C1CC2=CC(=O)CC[C@]2(C)C2C1C1CC[C@@]3(CCC(=O)O3)[C@@]1(C)C[C@H]2O.[I][V]([I])[I]. The molecule has 63 heavy (non-hydrogen) atoms. The molecule has 0 bridgehead atoms. The third kappa shape index (κ3) is 7.76. The number of methoxy groups -OCH3 is 2. The van der Waals surface area contributed by atoms with Crippen molar-refractivity contribution < 1.29 is 57.7 Å². The van der Waals surface area contributed by atoms with Gasteiger partial charge < -0.3 is 24.1 Å². The average molecular weight is 1250 g/mol. The summed E-state index contributed by atoms with van der Waals surface area (Å²) >= 11 is 7.39. The molecule has 346 valence electrons. The van der Waals surface area contributed by atoms with Crippen LogP contribution in [-0.4, -0.2) is 72.1 Å². The number of halogens is 3. The van der Waals surface area contributed by atoms with E-state index in [1.54, 1.807) is 12.2 Å². The van der Waals surface area contributed by atoms with Gasteiger partial charge in [0.15, 0.2) is 11.6 Å². The Bertz CT molecular complexity index is 2070. The van der Waals surface area contributed by atoms with E-state index in [1.807, 2.05) is 0 Å². The van der Waals surface area contributed by atoms with E-state index in [0.29, 0.717) is 57.8 Å². The van der Waals surface area contributed by atoms with Gasteiger partial charge >= 0.3 is 88.7 Å². The summed E-state index contributed by atoms with van der Waals surface area (Å²) in [5.74, 6) is -0.633. The Labute approximate surface area is 409 Å². The summed E-state index contributed by atoms with van der Waals surface area (Å²) in [6.07, 6.45) is 16.3. The quantitative estimate of drug-likeness (QED) is 0.121. The maximum absolute atomic E-state index is 12.9. The number of aliphatic hydroxyl groups excluding tert-OH is 1. The molecule has 0 aromatic heterocycles. The zero-order valence-corrected chi connectivity index (χ0v) is 45.1. The van der Waals surface area contributed by atoms with Crippen LogP contribution in [0.1, 0.15) is 130 Å². The van der Waals surface area contributed by atoms with Crippen molar-refractivity contribution >= 4 is 95.4 Å². The van der Waals surface area contributed by atoms with E-state index >= 15 is 0 Å². The number of ketones is 2. The molecule has 1 N–H and O–H groups in total. The van der Waals surface area contributed by atoms with Crippen molar-refractivity contribution in [1.29, 1.82) is 0 Å². The number of allylic oxidation sites excluding steroid dienone is 5. The molecule has 10 rings (SSSR count). The van der Waals surface area contributed by atoms with Gasteiger partial charge in [0, 0.05) is 41.9 Å². The van der Waals surface area contributed by atoms with Crippen molar-refractivity contribution in [2.24, 2.45) is 63.1 Å². The third-order valence-corrected chi connectivity index (χ3v) is 19.0. The molecule has 7 unspecified atom stereocenters. The fourth-order valence-corrected chi connectivity index (χ4v) is 15.9. The predicted octanol–water partition coefficient (Wildman–Crippen LogP) is 9.53. The Kier molecular flexibility index (Phi) is 13.6. The second kappa shape index (κ2) is 17.6. The van der Waals surface area contributed by atoms with Gasteiger partial charge in [0.05, 0.1) is 32.2 Å². The van der Waals surface area contributed by atoms with E-state index in [2.05, 4.69) is 93.7 Å². The van der Waals surface area contributed by atoms with Crippen LogP contribution in [-0.2, 0) is 52.6 Å². The van der Waals surface area contributed by atoms with Crippen molar-refractivity contribution in [2.45, 2.75) is 148 Å². The fraction of sp³-hybridized carbons (Fsp3) is 0.750. The predicted molar refractivity (Wildman–Crippen MR) is 255 cm³/mol. The number of fused-ring (bicyclic) bond motifs is 12. The summed E-state index contributed by atoms with van der Waals surface area (Å²) in [5.41, 5.74) is 1.56. The van der Waals surface area contributed by atoms with Gasteiger partial charge in [-0.2, -0.15) is 0 Å². The Balaban J connectivity index is 0.000000160. The molecule has 11 nitrogen and oxygen atoms in total. The van der Waals surface area contributed by atoms with Crippen molar-refractivity contribution in [2.75, 3.05) is 14.2 Å². The summed E-state index contributed by atoms with van der Waals surface area (Å²) in [6.45, 7) is 8.85. The normalized spacial score (nSPS) is 45.3. The second-order valence-electron chi connectivity index (χ2n) is 21.2. The molecule has 0 amide bonds. The van der Waals surface area contributed by atoms with Crippen LogP contribution in [0.3, 0.4) is 0 Å². The van der Waals surface area contributed by atoms with E-state index in [0.717, 1.165) is 56.1 Å². The number of rotatable bonds is 2. The van der Waals surface area contributed by atoms with Gasteiger partial charge in [-0.05, 0) is 124 Å². The molecule has 2 aliphatic heterocycles. The maximum atomic E-state index is 12.9. The summed E-state index contributed by atoms with van der Waals surface area (Å²) in [5, 5.41) is 11.6. The van der Waals surface area contributed by atoms with Gasteiger partial charge in [-0.1, -0.05) is 50.5 Å². The topological polar surface area (TPSA) is 160 Å². The fourth-order valence-electron chi connectivity index (χ4n) is 15.9. The number of hydrogen-bond acceptors (Lipinski definition) is 11. The van der Waals surface area contributed by atoms with Crippen molar-refractivity contribution in [3.63, 3.8) is 0 Å². The molecule has 10 aliphatic rings. The van der Waals surface area contributed by atoms with Crippen LogP contribution >= 0.6 is 59.9 Å². The zero-order valence-electron chi connectivity index (χ0n) is 37.3. The Morgan fingerprint density at radius 3 is 1.81 bits per heavy atom.